The van der Waals surface area contributed by atoms with Gasteiger partial charge in [0.1, 0.15) is 11.5 Å². The Labute approximate surface area is 170 Å². The van der Waals surface area contributed by atoms with Crippen molar-refractivity contribution in [1.82, 2.24) is 4.90 Å². The minimum absolute atomic E-state index is 0. The van der Waals surface area contributed by atoms with E-state index < -0.39 is 0 Å². The Morgan fingerprint density at radius 2 is 2.00 bits per heavy atom. The van der Waals surface area contributed by atoms with Gasteiger partial charge in [0.25, 0.3) is 0 Å². The van der Waals surface area contributed by atoms with Crippen LogP contribution in [0.2, 0.25) is 0 Å². The van der Waals surface area contributed by atoms with E-state index in [1.807, 2.05) is 12.1 Å². The van der Waals surface area contributed by atoms with Gasteiger partial charge in [0.05, 0.1) is 0 Å². The number of carbonyl (C=O) groups excluding carboxylic acids is 1. The van der Waals surface area contributed by atoms with Gasteiger partial charge < -0.3 is 10.0 Å². The highest BCUT2D eigenvalue weighted by atomic mass is 35.5. The van der Waals surface area contributed by atoms with Crippen molar-refractivity contribution in [1.29, 1.82) is 0 Å². The molecule has 1 aliphatic carbocycles. The molecule has 2 bridgehead atoms. The number of phenols is 1. The standard InChI is InChI=1S/C23H35NO2.ClH/c1-16(2)6-8-18(25)10-11-23(4)21-14-17-7-9-19(26)15-20(17)22(23,3)12-13-24(21)5;/h7,9,15-16,21,26H,6,8,10-14H2,1-5H3;1H/t21?,22-,23-;/m1./s1. The molecule has 1 fully saturated rings. The average Bonchev–Trinajstić information content (AvgIpc) is 2.59. The third kappa shape index (κ3) is 3.91. The highest BCUT2D eigenvalue weighted by Gasteiger charge is 2.57. The van der Waals surface area contributed by atoms with Gasteiger partial charge in [0, 0.05) is 24.3 Å². The normalized spacial score (nSPS) is 29.9. The maximum atomic E-state index is 12.5. The lowest BCUT2D eigenvalue weighted by Crippen LogP contribution is -2.64. The van der Waals surface area contributed by atoms with Crippen molar-refractivity contribution < 1.29 is 9.90 Å². The summed E-state index contributed by atoms with van der Waals surface area (Å²) < 4.78 is 0. The van der Waals surface area contributed by atoms with Gasteiger partial charge in [-0.15, -0.1) is 12.4 Å². The second-order valence-corrected chi connectivity index (χ2v) is 9.51. The summed E-state index contributed by atoms with van der Waals surface area (Å²) in [7, 11) is 2.23. The molecule has 0 spiro atoms. The summed E-state index contributed by atoms with van der Waals surface area (Å²) in [5.74, 6) is 1.35. The van der Waals surface area contributed by atoms with E-state index in [4.69, 9.17) is 0 Å². The second-order valence-electron chi connectivity index (χ2n) is 9.51. The molecule has 3 atom stereocenters. The fraction of sp³-hybridized carbons (Fsp3) is 0.696. The molecule has 0 amide bonds. The first-order valence-electron chi connectivity index (χ1n) is 10.2. The van der Waals surface area contributed by atoms with E-state index >= 15 is 0 Å². The number of rotatable bonds is 6. The highest BCUT2D eigenvalue weighted by molar-refractivity contribution is 5.85. The molecule has 1 aliphatic heterocycles. The van der Waals surface area contributed by atoms with Gasteiger partial charge in [-0.05, 0) is 73.9 Å². The first-order valence-corrected chi connectivity index (χ1v) is 10.2. The number of hydrogen-bond donors (Lipinski definition) is 1. The Kier molecular flexibility index (Phi) is 6.69. The molecule has 1 aromatic rings. The van der Waals surface area contributed by atoms with Gasteiger partial charge >= 0.3 is 0 Å². The lowest BCUT2D eigenvalue weighted by atomic mass is 9.49. The van der Waals surface area contributed by atoms with Crippen LogP contribution in [0.5, 0.6) is 5.75 Å². The number of nitrogens with zero attached hydrogens (tertiary/aromatic N) is 1. The molecule has 4 heteroatoms. The molecule has 0 radical (unpaired) electrons. The predicted molar refractivity (Wildman–Crippen MR) is 114 cm³/mol. The zero-order valence-corrected chi connectivity index (χ0v) is 18.4. The molecule has 27 heavy (non-hydrogen) atoms. The van der Waals surface area contributed by atoms with Crippen LogP contribution < -0.4 is 0 Å². The van der Waals surface area contributed by atoms with Crippen molar-refractivity contribution in [3.63, 3.8) is 0 Å². The van der Waals surface area contributed by atoms with Gasteiger partial charge in [0.2, 0.25) is 0 Å². The molecule has 1 unspecified atom stereocenters. The van der Waals surface area contributed by atoms with Crippen LogP contribution in [0.1, 0.15) is 70.9 Å². The molecule has 2 aliphatic rings. The van der Waals surface area contributed by atoms with Gasteiger partial charge in [0.15, 0.2) is 0 Å². The fourth-order valence-electron chi connectivity index (χ4n) is 5.40. The zero-order valence-electron chi connectivity index (χ0n) is 17.5. The minimum Gasteiger partial charge on any atom is -0.508 e. The number of aromatic hydroxyl groups is 1. The maximum absolute atomic E-state index is 12.5. The molecule has 1 heterocycles. The minimum atomic E-state index is 0. The number of likely N-dealkylation sites (N-methyl/N-ethyl adjacent to an activating group) is 1. The largest absolute Gasteiger partial charge is 0.508 e. The average molecular weight is 394 g/mol. The molecule has 1 aromatic carbocycles. The van der Waals surface area contributed by atoms with E-state index in [1.54, 1.807) is 0 Å². The van der Waals surface area contributed by atoms with Crippen molar-refractivity contribution in [2.45, 2.75) is 77.7 Å². The van der Waals surface area contributed by atoms with E-state index in [-0.39, 0.29) is 23.2 Å². The molecule has 0 aromatic heterocycles. The number of Topliss-reactive ketones (excluding diaryl/α,β-unsaturated/α-hetero) is 1. The van der Waals surface area contributed by atoms with Crippen molar-refractivity contribution in [2.75, 3.05) is 13.6 Å². The summed E-state index contributed by atoms with van der Waals surface area (Å²) >= 11 is 0. The Balaban J connectivity index is 0.00000261. The number of phenolic OH excluding ortho intramolecular Hbond substituents is 1. The van der Waals surface area contributed by atoms with Crippen LogP contribution in [0.4, 0.5) is 0 Å². The number of carbonyl (C=O) groups is 1. The first kappa shape index (κ1) is 22.2. The van der Waals surface area contributed by atoms with E-state index in [1.165, 1.54) is 11.1 Å². The van der Waals surface area contributed by atoms with Crippen molar-refractivity contribution in [3.05, 3.63) is 29.3 Å². The number of halogens is 1. The van der Waals surface area contributed by atoms with Crippen LogP contribution >= 0.6 is 12.4 Å². The van der Waals surface area contributed by atoms with Gasteiger partial charge in [-0.3, -0.25) is 4.79 Å². The van der Waals surface area contributed by atoms with E-state index in [9.17, 15) is 9.90 Å². The topological polar surface area (TPSA) is 40.5 Å². The number of piperidine rings is 1. The van der Waals surface area contributed by atoms with Crippen LogP contribution in [0, 0.1) is 11.3 Å². The van der Waals surface area contributed by atoms with Crippen LogP contribution in [0.15, 0.2) is 18.2 Å². The molecular weight excluding hydrogens is 358 g/mol. The number of likely N-dealkylation sites (tertiary alicyclic amines) is 1. The Morgan fingerprint density at radius 1 is 1.30 bits per heavy atom. The number of ketones is 1. The number of benzene rings is 1. The van der Waals surface area contributed by atoms with Crippen LogP contribution in [0.3, 0.4) is 0 Å². The predicted octanol–water partition coefficient (Wildman–Crippen LogP) is 5.12. The monoisotopic (exact) mass is 393 g/mol. The van der Waals surface area contributed by atoms with E-state index in [2.05, 4.69) is 45.7 Å². The first-order chi connectivity index (χ1) is 12.2. The van der Waals surface area contributed by atoms with E-state index in [0.717, 1.165) is 32.2 Å². The SMILES string of the molecule is CC(C)CCC(=O)CC[C@]1(C)C2Cc3ccc(O)cc3[C@@]1(C)CCN2C.Cl. The Hall–Kier alpha value is -1.06. The third-order valence-corrected chi connectivity index (χ3v) is 7.52. The van der Waals surface area contributed by atoms with Crippen molar-refractivity contribution in [3.8, 4) is 5.75 Å². The van der Waals surface area contributed by atoms with Gasteiger partial charge in [-0.2, -0.15) is 0 Å². The smallest absolute Gasteiger partial charge is 0.132 e. The lowest BCUT2D eigenvalue weighted by Gasteiger charge is -2.62. The molecular formula is C23H36ClNO2. The second kappa shape index (κ2) is 8.13. The number of hydrogen-bond acceptors (Lipinski definition) is 3. The Bertz CT molecular complexity index is 689. The summed E-state index contributed by atoms with van der Waals surface area (Å²) in [6.45, 7) is 10.2. The summed E-state index contributed by atoms with van der Waals surface area (Å²) in [5, 5.41) is 10.1. The van der Waals surface area contributed by atoms with Crippen LogP contribution in [-0.4, -0.2) is 35.4 Å². The van der Waals surface area contributed by atoms with Gasteiger partial charge in [-0.25, -0.2) is 0 Å². The molecule has 3 rings (SSSR count). The van der Waals surface area contributed by atoms with Crippen LogP contribution in [0.25, 0.3) is 0 Å². The molecule has 3 nitrogen and oxygen atoms in total. The number of fused-ring (bicyclic) bond motifs is 4. The summed E-state index contributed by atoms with van der Waals surface area (Å²) in [6, 6.07) is 6.35. The maximum Gasteiger partial charge on any atom is 0.132 e. The zero-order chi connectivity index (χ0) is 19.1. The van der Waals surface area contributed by atoms with Crippen molar-refractivity contribution >= 4 is 18.2 Å². The highest BCUT2D eigenvalue weighted by Crippen LogP contribution is 2.58. The Morgan fingerprint density at radius 3 is 2.67 bits per heavy atom. The third-order valence-electron chi connectivity index (χ3n) is 7.52. The van der Waals surface area contributed by atoms with Crippen LogP contribution in [-0.2, 0) is 16.6 Å². The summed E-state index contributed by atoms with van der Waals surface area (Å²) in [5.41, 5.74) is 2.73. The summed E-state index contributed by atoms with van der Waals surface area (Å²) in [4.78, 5) is 15.0. The molecule has 152 valence electrons. The van der Waals surface area contributed by atoms with Gasteiger partial charge in [-0.1, -0.05) is 33.8 Å². The molecule has 0 saturated carbocycles. The van der Waals surface area contributed by atoms with E-state index in [0.29, 0.717) is 36.3 Å². The lowest BCUT2D eigenvalue weighted by molar-refractivity contribution is -0.121. The quantitative estimate of drug-likeness (QED) is 0.728. The molecule has 1 N–H and O–H groups in total. The summed E-state index contributed by atoms with van der Waals surface area (Å²) in [6.07, 6.45) is 5.41. The van der Waals surface area contributed by atoms with Crippen molar-refractivity contribution in [2.24, 2.45) is 11.3 Å². The fourth-order valence-corrected chi connectivity index (χ4v) is 5.40. The molecule has 1 saturated heterocycles.